The van der Waals surface area contributed by atoms with Gasteiger partial charge in [-0.3, -0.25) is 9.48 Å². The normalized spacial score (nSPS) is 19.0. The third-order valence-electron chi connectivity index (χ3n) is 5.30. The Balaban J connectivity index is 1.49. The van der Waals surface area contributed by atoms with Gasteiger partial charge < -0.3 is 14.5 Å². The third kappa shape index (κ3) is 3.25. The second kappa shape index (κ2) is 6.83. The highest BCUT2D eigenvalue weighted by atomic mass is 16.6. The topological polar surface area (TPSA) is 67.7 Å². The van der Waals surface area contributed by atoms with Crippen LogP contribution in [-0.4, -0.2) is 63.9 Å². The number of aromatic nitrogens is 2. The number of carbonyl (C=O) groups excluding carboxylic acids is 2. The maximum absolute atomic E-state index is 12.5. The molecule has 2 amide bonds. The van der Waals surface area contributed by atoms with E-state index in [1.807, 2.05) is 35.4 Å². The predicted molar refractivity (Wildman–Crippen MR) is 88.7 cm³/mol. The summed E-state index contributed by atoms with van der Waals surface area (Å²) in [5, 5.41) is 4.40. The first-order valence-electron chi connectivity index (χ1n) is 8.67. The highest BCUT2D eigenvalue weighted by Gasteiger charge is 2.33. The lowest BCUT2D eigenvalue weighted by atomic mass is 10.0. The van der Waals surface area contributed by atoms with Crippen LogP contribution >= 0.6 is 0 Å². The predicted octanol–water partition coefficient (Wildman–Crippen LogP) is 1.41. The Morgan fingerprint density at radius 1 is 1.25 bits per heavy atom. The SMILES string of the molecule is Cc1nn(C)c(C)c1CCC(=O)N1CCC(N2CCOC2=O)CC1. The average molecular weight is 334 g/mol. The maximum atomic E-state index is 12.5. The average Bonchev–Trinajstić information content (AvgIpc) is 3.10. The van der Waals surface area contributed by atoms with Gasteiger partial charge in [0.05, 0.1) is 12.2 Å². The van der Waals surface area contributed by atoms with Crippen LogP contribution in [0.4, 0.5) is 4.79 Å². The monoisotopic (exact) mass is 334 g/mol. The Bertz CT molecular complexity index is 632. The molecule has 24 heavy (non-hydrogen) atoms. The first-order valence-corrected chi connectivity index (χ1v) is 8.67. The number of amides is 2. The van der Waals surface area contributed by atoms with E-state index in [0.717, 1.165) is 43.7 Å². The van der Waals surface area contributed by atoms with Crippen LogP contribution in [0.3, 0.4) is 0 Å². The Morgan fingerprint density at radius 3 is 2.50 bits per heavy atom. The largest absolute Gasteiger partial charge is 0.448 e. The van der Waals surface area contributed by atoms with E-state index in [9.17, 15) is 9.59 Å². The number of ether oxygens (including phenoxy) is 1. The number of likely N-dealkylation sites (tertiary alicyclic amines) is 1. The summed E-state index contributed by atoms with van der Waals surface area (Å²) in [5.41, 5.74) is 3.32. The number of cyclic esters (lactones) is 1. The quantitative estimate of drug-likeness (QED) is 0.835. The minimum absolute atomic E-state index is 0.195. The molecule has 0 aliphatic carbocycles. The first kappa shape index (κ1) is 16.8. The van der Waals surface area contributed by atoms with Gasteiger partial charge in [-0.25, -0.2) is 4.79 Å². The summed E-state index contributed by atoms with van der Waals surface area (Å²) in [6.45, 7) is 6.64. The lowest BCUT2D eigenvalue weighted by Gasteiger charge is -2.35. The van der Waals surface area contributed by atoms with Crippen LogP contribution in [0.1, 0.15) is 36.2 Å². The zero-order chi connectivity index (χ0) is 17.3. The molecule has 7 heteroatoms. The fourth-order valence-corrected chi connectivity index (χ4v) is 3.73. The molecule has 7 nitrogen and oxygen atoms in total. The van der Waals surface area contributed by atoms with E-state index >= 15 is 0 Å². The molecular weight excluding hydrogens is 308 g/mol. The summed E-state index contributed by atoms with van der Waals surface area (Å²) in [6.07, 6.45) is 2.73. The van der Waals surface area contributed by atoms with E-state index in [2.05, 4.69) is 5.10 Å². The van der Waals surface area contributed by atoms with Gasteiger partial charge in [-0.15, -0.1) is 0 Å². The second-order valence-corrected chi connectivity index (χ2v) is 6.69. The van der Waals surface area contributed by atoms with E-state index in [0.29, 0.717) is 19.6 Å². The molecule has 2 aliphatic rings. The molecule has 0 unspecified atom stereocenters. The van der Waals surface area contributed by atoms with Crippen LogP contribution in [0.15, 0.2) is 0 Å². The molecule has 0 radical (unpaired) electrons. The molecule has 0 N–H and O–H groups in total. The highest BCUT2D eigenvalue weighted by molar-refractivity contribution is 5.76. The van der Waals surface area contributed by atoms with E-state index in [-0.39, 0.29) is 18.0 Å². The number of hydrogen-bond donors (Lipinski definition) is 0. The molecule has 0 bridgehead atoms. The molecule has 3 rings (SSSR count). The zero-order valence-electron chi connectivity index (χ0n) is 14.7. The van der Waals surface area contributed by atoms with Crippen molar-refractivity contribution >= 4 is 12.0 Å². The van der Waals surface area contributed by atoms with Crippen molar-refractivity contribution in [3.05, 3.63) is 17.0 Å². The molecule has 2 fully saturated rings. The van der Waals surface area contributed by atoms with Gasteiger partial charge in [-0.2, -0.15) is 5.10 Å². The molecular formula is C17H26N4O3. The van der Waals surface area contributed by atoms with Gasteiger partial charge in [-0.1, -0.05) is 0 Å². The van der Waals surface area contributed by atoms with Crippen molar-refractivity contribution < 1.29 is 14.3 Å². The number of carbonyl (C=O) groups is 2. The fourth-order valence-electron chi connectivity index (χ4n) is 3.73. The third-order valence-corrected chi connectivity index (χ3v) is 5.30. The Morgan fingerprint density at radius 2 is 1.96 bits per heavy atom. The van der Waals surface area contributed by atoms with E-state index in [1.54, 1.807) is 0 Å². The Kier molecular flexibility index (Phi) is 4.78. The van der Waals surface area contributed by atoms with E-state index < -0.39 is 0 Å². The van der Waals surface area contributed by atoms with Crippen molar-refractivity contribution in [1.82, 2.24) is 19.6 Å². The standard InChI is InChI=1S/C17H26N4O3/c1-12-15(13(2)19(3)18-12)4-5-16(22)20-8-6-14(7-9-20)21-10-11-24-17(21)23/h14H,4-11H2,1-3H3. The molecule has 1 aromatic heterocycles. The summed E-state index contributed by atoms with van der Waals surface area (Å²) >= 11 is 0. The molecule has 132 valence electrons. The number of nitrogens with zero attached hydrogens (tertiary/aromatic N) is 4. The molecule has 2 saturated heterocycles. The van der Waals surface area contributed by atoms with Gasteiger partial charge in [0.1, 0.15) is 6.61 Å². The number of hydrogen-bond acceptors (Lipinski definition) is 4. The van der Waals surface area contributed by atoms with Crippen molar-refractivity contribution in [2.24, 2.45) is 7.05 Å². The van der Waals surface area contributed by atoms with Crippen molar-refractivity contribution in [1.29, 1.82) is 0 Å². The van der Waals surface area contributed by atoms with Gasteiger partial charge in [0.25, 0.3) is 0 Å². The second-order valence-electron chi connectivity index (χ2n) is 6.69. The number of aryl methyl sites for hydroxylation is 2. The lowest BCUT2D eigenvalue weighted by molar-refractivity contribution is -0.132. The van der Waals surface area contributed by atoms with Crippen LogP contribution in [0.2, 0.25) is 0 Å². The fraction of sp³-hybridized carbons (Fsp3) is 0.706. The minimum Gasteiger partial charge on any atom is -0.448 e. The molecule has 0 aromatic carbocycles. The summed E-state index contributed by atoms with van der Waals surface area (Å²) in [5.74, 6) is 0.195. The van der Waals surface area contributed by atoms with Gasteiger partial charge in [-0.05, 0) is 38.7 Å². The van der Waals surface area contributed by atoms with Crippen LogP contribution in [0.5, 0.6) is 0 Å². The van der Waals surface area contributed by atoms with Crippen molar-refractivity contribution in [3.63, 3.8) is 0 Å². The van der Waals surface area contributed by atoms with Crippen LogP contribution in [0, 0.1) is 13.8 Å². The minimum atomic E-state index is -0.206. The van der Waals surface area contributed by atoms with Crippen molar-refractivity contribution in [3.8, 4) is 0 Å². The van der Waals surface area contributed by atoms with Crippen molar-refractivity contribution in [2.45, 2.75) is 45.6 Å². The van der Waals surface area contributed by atoms with Gasteiger partial charge >= 0.3 is 6.09 Å². The first-order chi connectivity index (χ1) is 11.5. The summed E-state index contributed by atoms with van der Waals surface area (Å²) in [6, 6.07) is 0.215. The Hall–Kier alpha value is -2.05. The molecule has 0 saturated carbocycles. The molecule has 0 atom stereocenters. The highest BCUT2D eigenvalue weighted by Crippen LogP contribution is 2.21. The summed E-state index contributed by atoms with van der Waals surface area (Å²) in [7, 11) is 1.93. The number of rotatable bonds is 4. The smallest absolute Gasteiger partial charge is 0.410 e. The van der Waals surface area contributed by atoms with Gasteiger partial charge in [0, 0.05) is 38.3 Å². The molecule has 2 aliphatic heterocycles. The molecule has 3 heterocycles. The maximum Gasteiger partial charge on any atom is 0.410 e. The molecule has 1 aromatic rings. The van der Waals surface area contributed by atoms with E-state index in [4.69, 9.17) is 4.74 Å². The van der Waals surface area contributed by atoms with Gasteiger partial charge in [0.15, 0.2) is 0 Å². The van der Waals surface area contributed by atoms with Crippen LogP contribution in [0.25, 0.3) is 0 Å². The zero-order valence-corrected chi connectivity index (χ0v) is 14.7. The van der Waals surface area contributed by atoms with Crippen LogP contribution < -0.4 is 0 Å². The van der Waals surface area contributed by atoms with Gasteiger partial charge in [0.2, 0.25) is 5.91 Å². The van der Waals surface area contributed by atoms with Crippen LogP contribution in [-0.2, 0) is 23.0 Å². The summed E-state index contributed by atoms with van der Waals surface area (Å²) < 4.78 is 6.87. The number of piperidine rings is 1. The summed E-state index contributed by atoms with van der Waals surface area (Å²) in [4.78, 5) is 27.9. The van der Waals surface area contributed by atoms with Crippen molar-refractivity contribution in [2.75, 3.05) is 26.2 Å². The molecule has 0 spiro atoms. The van der Waals surface area contributed by atoms with E-state index in [1.165, 1.54) is 5.56 Å². The Labute approximate surface area is 142 Å². The lowest BCUT2D eigenvalue weighted by Crippen LogP contribution is -2.47.